The van der Waals surface area contributed by atoms with Gasteiger partial charge in [0, 0.05) is 56.0 Å². The van der Waals surface area contributed by atoms with Crippen molar-refractivity contribution >= 4 is 34.6 Å². The maximum Gasteiger partial charge on any atom is 0.413 e. The van der Waals surface area contributed by atoms with Crippen LogP contribution < -0.4 is 5.32 Å². The molecule has 6 rings (SSSR count). The van der Waals surface area contributed by atoms with Crippen molar-refractivity contribution in [2.75, 3.05) is 25.0 Å². The number of aromatic amines is 1. The van der Waals surface area contributed by atoms with Crippen LogP contribution in [0.15, 0.2) is 30.6 Å². The Bertz CT molecular complexity index is 1510. The molecule has 1 spiro atoms. The molecule has 1 atom stereocenters. The van der Waals surface area contributed by atoms with E-state index in [1.165, 1.54) is 0 Å². The number of aromatic nitrogens is 3. The number of carbonyl (C=O) groups excluding carboxylic acids is 3. The third-order valence-corrected chi connectivity index (χ3v) is 8.14. The van der Waals surface area contributed by atoms with Crippen LogP contribution in [0, 0.1) is 12.8 Å². The quantitative estimate of drug-likeness (QED) is 0.507. The van der Waals surface area contributed by atoms with Crippen LogP contribution in [-0.4, -0.2) is 68.7 Å². The zero-order chi connectivity index (χ0) is 28.2. The third-order valence-electron chi connectivity index (χ3n) is 8.14. The second kappa shape index (κ2) is 9.49. The fraction of sp³-hybridized carbons (Fsp3) is 0.444. The lowest BCUT2D eigenvalue weighted by molar-refractivity contribution is -0.165. The number of alkyl halides is 3. The SMILES string of the molecule is Cc1cc2c(c3cn[nH]c13)CN(CC(F)(F)F)C(=O)C(CC(=O)N1CCC3(CC1)OC(=O)Nc1ncccc13)C2. The molecular weight excluding hydrogens is 529 g/mol. The van der Waals surface area contributed by atoms with Crippen LogP contribution in [0.5, 0.6) is 0 Å². The van der Waals surface area contributed by atoms with Crippen LogP contribution in [0.2, 0.25) is 0 Å². The van der Waals surface area contributed by atoms with Crippen molar-refractivity contribution in [3.05, 3.63) is 52.8 Å². The molecule has 0 aliphatic carbocycles. The number of fused-ring (bicyclic) bond motifs is 5. The summed E-state index contributed by atoms with van der Waals surface area (Å²) in [6, 6.07) is 5.44. The topological polar surface area (TPSA) is 121 Å². The van der Waals surface area contributed by atoms with Crippen LogP contribution in [-0.2, 0) is 32.9 Å². The van der Waals surface area contributed by atoms with Gasteiger partial charge in [0.15, 0.2) is 0 Å². The summed E-state index contributed by atoms with van der Waals surface area (Å²) in [5.41, 5.74) is 2.75. The summed E-state index contributed by atoms with van der Waals surface area (Å²) in [5, 5.41) is 10.2. The highest BCUT2D eigenvalue weighted by Gasteiger charge is 2.46. The molecular formula is C27H27F3N6O4. The van der Waals surface area contributed by atoms with Gasteiger partial charge in [-0.25, -0.2) is 9.78 Å². The van der Waals surface area contributed by atoms with Crippen molar-refractivity contribution in [2.45, 2.75) is 50.9 Å². The Labute approximate surface area is 226 Å². The zero-order valence-electron chi connectivity index (χ0n) is 21.7. The number of likely N-dealkylation sites (tertiary alicyclic amines) is 1. The molecule has 1 saturated heterocycles. The number of halogens is 3. The zero-order valence-corrected chi connectivity index (χ0v) is 21.7. The van der Waals surface area contributed by atoms with E-state index in [0.717, 1.165) is 21.6 Å². The Kier molecular flexibility index (Phi) is 6.19. The highest BCUT2D eigenvalue weighted by atomic mass is 19.4. The van der Waals surface area contributed by atoms with Gasteiger partial charge in [0.1, 0.15) is 18.0 Å². The summed E-state index contributed by atoms with van der Waals surface area (Å²) in [5.74, 6) is -1.54. The summed E-state index contributed by atoms with van der Waals surface area (Å²) in [6.07, 6.45) is -1.46. The van der Waals surface area contributed by atoms with E-state index in [0.29, 0.717) is 35.1 Å². The second-order valence-electron chi connectivity index (χ2n) is 10.7. The summed E-state index contributed by atoms with van der Waals surface area (Å²) in [7, 11) is 0. The van der Waals surface area contributed by atoms with Gasteiger partial charge in [-0.05, 0) is 42.2 Å². The number of amides is 3. The van der Waals surface area contributed by atoms with Gasteiger partial charge in [-0.2, -0.15) is 18.3 Å². The van der Waals surface area contributed by atoms with E-state index in [1.54, 1.807) is 23.4 Å². The number of hydrogen-bond donors (Lipinski definition) is 2. The normalized spacial score (nSPS) is 20.6. The number of hydrogen-bond acceptors (Lipinski definition) is 6. The largest absolute Gasteiger partial charge is 0.437 e. The van der Waals surface area contributed by atoms with Crippen molar-refractivity contribution in [2.24, 2.45) is 5.92 Å². The molecule has 210 valence electrons. The second-order valence-corrected chi connectivity index (χ2v) is 10.7. The molecule has 1 fully saturated rings. The highest BCUT2D eigenvalue weighted by Crippen LogP contribution is 2.43. The molecule has 3 amide bonds. The van der Waals surface area contributed by atoms with Gasteiger partial charge in [-0.15, -0.1) is 0 Å². The van der Waals surface area contributed by atoms with Gasteiger partial charge in [0.05, 0.1) is 17.6 Å². The Morgan fingerprint density at radius 1 is 1.25 bits per heavy atom. The van der Waals surface area contributed by atoms with Gasteiger partial charge in [-0.1, -0.05) is 6.07 Å². The molecule has 10 nitrogen and oxygen atoms in total. The number of H-pyrrole nitrogens is 1. The highest BCUT2D eigenvalue weighted by molar-refractivity contribution is 5.90. The Morgan fingerprint density at radius 2 is 2.02 bits per heavy atom. The average Bonchev–Trinajstić information content (AvgIpc) is 3.36. The molecule has 40 heavy (non-hydrogen) atoms. The predicted molar refractivity (Wildman–Crippen MR) is 136 cm³/mol. The maximum absolute atomic E-state index is 13.5. The van der Waals surface area contributed by atoms with Crippen molar-refractivity contribution in [3.63, 3.8) is 0 Å². The van der Waals surface area contributed by atoms with Gasteiger partial charge >= 0.3 is 12.3 Å². The summed E-state index contributed by atoms with van der Waals surface area (Å²) in [4.78, 5) is 45.7. The first-order valence-corrected chi connectivity index (χ1v) is 13.1. The monoisotopic (exact) mass is 556 g/mol. The van der Waals surface area contributed by atoms with Crippen molar-refractivity contribution in [3.8, 4) is 0 Å². The van der Waals surface area contributed by atoms with E-state index in [4.69, 9.17) is 4.74 Å². The lowest BCUT2D eigenvalue weighted by atomic mass is 9.83. The Morgan fingerprint density at radius 3 is 2.77 bits per heavy atom. The first kappa shape index (κ1) is 26.1. The van der Waals surface area contributed by atoms with Crippen LogP contribution in [0.25, 0.3) is 10.9 Å². The number of aryl methyl sites for hydroxylation is 1. The minimum Gasteiger partial charge on any atom is -0.437 e. The molecule has 1 unspecified atom stereocenters. The molecule has 2 aromatic heterocycles. The molecule has 13 heteroatoms. The van der Waals surface area contributed by atoms with E-state index < -0.39 is 36.2 Å². The average molecular weight is 557 g/mol. The molecule has 0 bridgehead atoms. The molecule has 2 N–H and O–H groups in total. The number of carbonyl (C=O) groups is 3. The molecule has 3 aromatic rings. The molecule has 3 aliphatic heterocycles. The standard InChI is InChI=1S/C27H27F3N6O4/c1-15-9-16-10-17(24(38)36(14-27(28,29)30)13-19(16)18-12-32-34-22(15)18)11-21(37)35-7-4-26(5-8-35)20-3-2-6-31-23(20)33-25(39)40-26/h2-3,6,9,12,17H,4-5,7-8,10-11,13-14H2,1H3,(H,32,34)(H,31,33,39). The fourth-order valence-electron chi connectivity index (χ4n) is 6.22. The van der Waals surface area contributed by atoms with Crippen LogP contribution in [0.3, 0.4) is 0 Å². The number of anilines is 1. The Hall–Kier alpha value is -4.16. The Balaban J connectivity index is 1.23. The number of piperidine rings is 1. The van der Waals surface area contributed by atoms with Gasteiger partial charge in [0.25, 0.3) is 0 Å². The number of rotatable bonds is 3. The van der Waals surface area contributed by atoms with Gasteiger partial charge in [0.2, 0.25) is 11.8 Å². The number of pyridine rings is 1. The molecule has 0 saturated carbocycles. The van der Waals surface area contributed by atoms with Gasteiger partial charge in [-0.3, -0.25) is 20.0 Å². The maximum atomic E-state index is 13.5. The lowest BCUT2D eigenvalue weighted by Gasteiger charge is -2.43. The molecule has 3 aliphatic rings. The van der Waals surface area contributed by atoms with Crippen molar-refractivity contribution in [1.82, 2.24) is 25.0 Å². The van der Waals surface area contributed by atoms with Crippen LogP contribution in [0.4, 0.5) is 23.8 Å². The van der Waals surface area contributed by atoms with Crippen LogP contribution in [0.1, 0.15) is 41.5 Å². The first-order chi connectivity index (χ1) is 19.0. The minimum absolute atomic E-state index is 0.149. The van der Waals surface area contributed by atoms with E-state index >= 15 is 0 Å². The molecule has 5 heterocycles. The predicted octanol–water partition coefficient (Wildman–Crippen LogP) is 3.80. The van der Waals surface area contributed by atoms with Crippen LogP contribution >= 0.6 is 0 Å². The number of nitrogens with one attached hydrogen (secondary N) is 2. The summed E-state index contributed by atoms with van der Waals surface area (Å²) >= 11 is 0. The van der Waals surface area contributed by atoms with Crippen molar-refractivity contribution < 1.29 is 32.3 Å². The number of ether oxygens (including phenoxy) is 1. The third kappa shape index (κ3) is 4.62. The van der Waals surface area contributed by atoms with Crippen molar-refractivity contribution in [1.29, 1.82) is 0 Å². The first-order valence-electron chi connectivity index (χ1n) is 13.1. The number of benzene rings is 1. The summed E-state index contributed by atoms with van der Waals surface area (Å²) in [6.45, 7) is 0.778. The van der Waals surface area contributed by atoms with E-state index in [9.17, 15) is 27.6 Å². The number of nitrogens with zero attached hydrogens (tertiary/aromatic N) is 4. The minimum atomic E-state index is -4.59. The van der Waals surface area contributed by atoms with Gasteiger partial charge < -0.3 is 14.5 Å². The van der Waals surface area contributed by atoms with E-state index in [2.05, 4.69) is 20.5 Å². The molecule has 1 aromatic carbocycles. The lowest BCUT2D eigenvalue weighted by Crippen LogP contribution is -2.50. The van der Waals surface area contributed by atoms with E-state index in [1.807, 2.05) is 19.1 Å². The fourth-order valence-corrected chi connectivity index (χ4v) is 6.22. The molecule has 0 radical (unpaired) electrons. The summed E-state index contributed by atoms with van der Waals surface area (Å²) < 4.78 is 46.2. The smallest absolute Gasteiger partial charge is 0.413 e. The van der Waals surface area contributed by atoms with E-state index in [-0.39, 0.29) is 38.4 Å².